The van der Waals surface area contributed by atoms with Crippen LogP contribution in [0.1, 0.15) is 128 Å². The second-order valence-electron chi connectivity index (χ2n) is 20.5. The van der Waals surface area contributed by atoms with E-state index in [0.29, 0.717) is 18.5 Å². The maximum Gasteiger partial charge on any atom is 0.508 e. The first kappa shape index (κ1) is 44.4. The van der Waals surface area contributed by atoms with Crippen LogP contribution in [0.3, 0.4) is 0 Å². The fraction of sp³-hybridized carbons (Fsp3) is 0.526. The van der Waals surface area contributed by atoms with Crippen molar-refractivity contribution in [1.29, 1.82) is 0 Å². The number of hydrogen-bond acceptors (Lipinski definition) is 5. The number of hydrogen-bond donors (Lipinski definition) is 1. The lowest BCUT2D eigenvalue weighted by Gasteiger charge is -2.58. The molecule has 4 aromatic rings. The predicted octanol–water partition coefficient (Wildman–Crippen LogP) is 13.7. The van der Waals surface area contributed by atoms with Gasteiger partial charge in [-0.3, -0.25) is 0 Å². The van der Waals surface area contributed by atoms with Crippen molar-refractivity contribution in [1.82, 2.24) is 5.32 Å². The Bertz CT molecular complexity index is 1950. The highest BCUT2D eigenvalue weighted by atomic mass is 16.7. The maximum absolute atomic E-state index is 14.0. The van der Waals surface area contributed by atoms with Gasteiger partial charge < -0.3 is 19.5 Å². The molecule has 0 amide bonds. The quantitative estimate of drug-likeness (QED) is 0.0652. The summed E-state index contributed by atoms with van der Waals surface area (Å²) in [5.41, 5.74) is 5.42. The first-order valence-electron chi connectivity index (χ1n) is 24.2. The zero-order chi connectivity index (χ0) is 43.2. The summed E-state index contributed by atoms with van der Waals surface area (Å²) in [6, 6.07) is 41.4. The van der Waals surface area contributed by atoms with E-state index in [0.717, 1.165) is 77.0 Å². The molecule has 62 heavy (non-hydrogen) atoms. The molecule has 330 valence electrons. The Labute approximate surface area is 373 Å². The Hall–Kier alpha value is -4.19. The number of ether oxygens (including phenoxy) is 3. The summed E-state index contributed by atoms with van der Waals surface area (Å²) >= 11 is 0. The van der Waals surface area contributed by atoms with Crippen molar-refractivity contribution in [3.05, 3.63) is 155 Å². The van der Waals surface area contributed by atoms with E-state index < -0.39 is 17.9 Å². The average Bonchev–Trinajstić information content (AvgIpc) is 3.65. The lowest BCUT2D eigenvalue weighted by atomic mass is 9.47. The fourth-order valence-corrected chi connectivity index (χ4v) is 13.1. The van der Waals surface area contributed by atoms with Gasteiger partial charge in [0.25, 0.3) is 0 Å². The highest BCUT2D eigenvalue weighted by Crippen LogP contribution is 2.67. The van der Waals surface area contributed by atoms with Gasteiger partial charge in [0.05, 0.1) is 6.61 Å². The SMILES string of the molecule is CC(C)CCC[C@H](C)[C@@H]1CC[C@@H]2[C@H]3CC=C4CC(OC(=O)OC(CNCc5ccccc5)COC(c5ccccc5)(c5ccccc5)c5ccccc5)CC[C@@]4(C)[C@@H]3CC[C@]21C. The number of rotatable bonds is 17. The summed E-state index contributed by atoms with van der Waals surface area (Å²) in [7, 11) is 0. The van der Waals surface area contributed by atoms with E-state index in [-0.39, 0.29) is 18.1 Å². The van der Waals surface area contributed by atoms with Crippen molar-refractivity contribution in [3.63, 3.8) is 0 Å². The Morgan fingerprint density at radius 3 is 1.97 bits per heavy atom. The van der Waals surface area contributed by atoms with Crippen molar-refractivity contribution >= 4 is 6.16 Å². The van der Waals surface area contributed by atoms with Crippen LogP contribution in [0.25, 0.3) is 0 Å². The van der Waals surface area contributed by atoms with Gasteiger partial charge in [0.2, 0.25) is 0 Å². The van der Waals surface area contributed by atoms with Crippen LogP contribution >= 0.6 is 0 Å². The van der Waals surface area contributed by atoms with Gasteiger partial charge in [-0.05, 0) is 114 Å². The van der Waals surface area contributed by atoms with Crippen molar-refractivity contribution in [2.24, 2.45) is 46.3 Å². The number of nitrogens with one attached hydrogen (secondary N) is 1. The summed E-state index contributed by atoms with van der Waals surface area (Å²) in [5, 5.41) is 3.55. The first-order chi connectivity index (χ1) is 30.1. The van der Waals surface area contributed by atoms with Crippen LogP contribution in [0.15, 0.2) is 133 Å². The fourth-order valence-electron chi connectivity index (χ4n) is 13.1. The number of carbonyl (C=O) groups excluding carboxylic acids is 1. The molecule has 5 heteroatoms. The Kier molecular flexibility index (Phi) is 14.1. The molecule has 0 bridgehead atoms. The van der Waals surface area contributed by atoms with E-state index in [4.69, 9.17) is 14.2 Å². The smallest absolute Gasteiger partial charge is 0.431 e. The van der Waals surface area contributed by atoms with Gasteiger partial charge in [0.1, 0.15) is 17.8 Å². The molecule has 3 fully saturated rings. The van der Waals surface area contributed by atoms with Crippen LogP contribution in [0, 0.1) is 46.3 Å². The highest BCUT2D eigenvalue weighted by molar-refractivity contribution is 5.60. The largest absolute Gasteiger partial charge is 0.508 e. The van der Waals surface area contributed by atoms with E-state index in [1.54, 1.807) is 0 Å². The molecule has 4 aliphatic rings. The zero-order valence-electron chi connectivity index (χ0n) is 38.3. The molecule has 2 unspecified atom stereocenters. The molecule has 3 saturated carbocycles. The van der Waals surface area contributed by atoms with Gasteiger partial charge in [-0.15, -0.1) is 0 Å². The lowest BCUT2D eigenvalue weighted by molar-refractivity contribution is -0.0759. The van der Waals surface area contributed by atoms with Crippen molar-refractivity contribution in [2.75, 3.05) is 13.2 Å². The minimum Gasteiger partial charge on any atom is -0.431 e. The van der Waals surface area contributed by atoms with Crippen molar-refractivity contribution in [3.8, 4) is 0 Å². The molecular weight excluding hydrogens is 763 g/mol. The topological polar surface area (TPSA) is 56.8 Å². The normalized spacial score (nSPS) is 27.9. The van der Waals surface area contributed by atoms with E-state index in [9.17, 15) is 4.79 Å². The van der Waals surface area contributed by atoms with Crippen LogP contribution in [0.5, 0.6) is 0 Å². The standard InChI is InChI=1S/C57H73NO4/c1-41(2)19-18-20-42(3)51-31-32-52-50-30-29-47-37-48(33-35-55(47,4)53(50)34-36-56(51,52)5)61-54(59)62-49(39-58-38-43-21-10-6-11-22-43)40-60-57(44-23-12-7-13-24-44,45-25-14-8-15-26-45)46-27-16-9-17-28-46/h6-17,21-29,41-42,48-53,58H,18-20,30-40H2,1-5H3/t42-,48?,49?,50+,51-,52+,53+,55+,56-/m0/s1. The molecule has 0 radical (unpaired) electrons. The minimum absolute atomic E-state index is 0.157. The van der Waals surface area contributed by atoms with Gasteiger partial charge in [-0.1, -0.05) is 187 Å². The van der Waals surface area contributed by atoms with Crippen LogP contribution in [0.4, 0.5) is 4.79 Å². The molecule has 9 atom stereocenters. The Balaban J connectivity index is 0.956. The van der Waals surface area contributed by atoms with E-state index in [2.05, 4.69) is 131 Å². The van der Waals surface area contributed by atoms with Gasteiger partial charge in [-0.25, -0.2) is 4.79 Å². The maximum atomic E-state index is 14.0. The third-order valence-electron chi connectivity index (χ3n) is 16.4. The minimum atomic E-state index is -0.935. The van der Waals surface area contributed by atoms with Crippen LogP contribution in [-0.2, 0) is 26.4 Å². The summed E-state index contributed by atoms with van der Waals surface area (Å²) in [4.78, 5) is 14.0. The Morgan fingerprint density at radius 1 is 0.742 bits per heavy atom. The summed E-state index contributed by atoms with van der Waals surface area (Å²) in [6.07, 6.45) is 14.8. The van der Waals surface area contributed by atoms with Crippen molar-refractivity contribution < 1.29 is 19.0 Å². The molecule has 8 rings (SSSR count). The van der Waals surface area contributed by atoms with E-state index >= 15 is 0 Å². The Morgan fingerprint density at radius 2 is 1.35 bits per heavy atom. The number of benzene rings is 4. The second kappa shape index (κ2) is 19.7. The lowest BCUT2D eigenvalue weighted by Crippen LogP contribution is -2.51. The molecule has 1 N–H and O–H groups in total. The molecular formula is C57H73NO4. The second-order valence-corrected chi connectivity index (χ2v) is 20.5. The molecule has 4 aromatic carbocycles. The van der Waals surface area contributed by atoms with Gasteiger partial charge in [-0.2, -0.15) is 0 Å². The van der Waals surface area contributed by atoms with Crippen LogP contribution < -0.4 is 5.32 Å². The number of allylic oxidation sites excluding steroid dienone is 1. The molecule has 4 aliphatic carbocycles. The van der Waals surface area contributed by atoms with Crippen LogP contribution in [-0.4, -0.2) is 31.5 Å². The average molecular weight is 836 g/mol. The van der Waals surface area contributed by atoms with E-state index in [1.165, 1.54) is 56.9 Å². The molecule has 0 aliphatic heterocycles. The van der Waals surface area contributed by atoms with Crippen molar-refractivity contribution in [2.45, 2.75) is 130 Å². The third kappa shape index (κ3) is 9.36. The number of fused-ring (bicyclic) bond motifs is 5. The molecule has 5 nitrogen and oxygen atoms in total. The summed E-state index contributed by atoms with van der Waals surface area (Å²) < 4.78 is 19.8. The zero-order valence-corrected chi connectivity index (χ0v) is 38.3. The first-order valence-corrected chi connectivity index (χ1v) is 24.2. The predicted molar refractivity (Wildman–Crippen MR) is 251 cm³/mol. The summed E-state index contributed by atoms with van der Waals surface area (Å²) in [5.74, 6) is 4.81. The van der Waals surface area contributed by atoms with Gasteiger partial charge in [0.15, 0.2) is 0 Å². The van der Waals surface area contributed by atoms with Gasteiger partial charge >= 0.3 is 6.16 Å². The highest BCUT2D eigenvalue weighted by Gasteiger charge is 2.59. The molecule has 0 heterocycles. The molecule has 0 aromatic heterocycles. The monoisotopic (exact) mass is 836 g/mol. The summed E-state index contributed by atoms with van der Waals surface area (Å²) in [6.45, 7) is 13.8. The third-order valence-corrected chi connectivity index (χ3v) is 16.4. The van der Waals surface area contributed by atoms with Crippen LogP contribution in [0.2, 0.25) is 0 Å². The number of carbonyl (C=O) groups is 1. The van der Waals surface area contributed by atoms with E-state index in [1.807, 2.05) is 36.4 Å². The molecule has 0 saturated heterocycles. The molecule has 0 spiro atoms. The van der Waals surface area contributed by atoms with Gasteiger partial charge in [0, 0.05) is 19.5 Å².